The van der Waals surface area contributed by atoms with Gasteiger partial charge in [-0.05, 0) is 6.92 Å². The van der Waals surface area contributed by atoms with Crippen LogP contribution in [0.25, 0.3) is 0 Å². The van der Waals surface area contributed by atoms with Gasteiger partial charge < -0.3 is 25.8 Å². The minimum Gasteiger partial charge on any atom is -0.391 e. The van der Waals surface area contributed by atoms with Crippen molar-refractivity contribution in [2.24, 2.45) is 5.73 Å². The van der Waals surface area contributed by atoms with Gasteiger partial charge in [-0.1, -0.05) is 0 Å². The predicted molar refractivity (Wildman–Crippen MR) is 45.0 cm³/mol. The van der Waals surface area contributed by atoms with Gasteiger partial charge in [0, 0.05) is 0 Å². The van der Waals surface area contributed by atoms with E-state index in [1.165, 1.54) is 6.92 Å². The summed E-state index contributed by atoms with van der Waals surface area (Å²) in [6.45, 7) is 1.32. The smallest absolute Gasteiger partial charge is 0.150 e. The van der Waals surface area contributed by atoms with Gasteiger partial charge in [0.25, 0.3) is 0 Å². The average Bonchev–Trinajstić information content (AvgIpc) is 2.00. The van der Waals surface area contributed by atoms with Gasteiger partial charge in [0.15, 0.2) is 0 Å². The van der Waals surface area contributed by atoms with Crippen molar-refractivity contribution >= 4 is 18.7 Å². The van der Waals surface area contributed by atoms with E-state index in [0.717, 1.165) is 0 Å². The molecule has 0 bridgehead atoms. The highest BCUT2D eigenvalue weighted by Gasteiger charge is 2.25. The summed E-state index contributed by atoms with van der Waals surface area (Å²) in [5.74, 6) is 0. The average molecular weight is 200 g/mol. The van der Waals surface area contributed by atoms with Gasteiger partial charge >= 0.3 is 0 Å². The van der Waals surface area contributed by atoms with Gasteiger partial charge in [0.1, 0.15) is 12.4 Å². The number of aliphatic hydroxyl groups excluding tert-OH is 3. The number of hydrogen-bond donors (Lipinski definition) is 4. The lowest BCUT2D eigenvalue weighted by molar-refractivity contribution is -0.118. The zero-order valence-corrected chi connectivity index (χ0v) is 7.44. The van der Waals surface area contributed by atoms with Crippen molar-refractivity contribution in [1.82, 2.24) is 0 Å². The molecule has 0 spiro atoms. The summed E-state index contributed by atoms with van der Waals surface area (Å²) in [6.07, 6.45) is -3.55. The minimum absolute atomic E-state index is 0. The predicted octanol–water partition coefficient (Wildman–Crippen LogP) is -1.96. The first-order valence-electron chi connectivity index (χ1n) is 3.25. The third kappa shape index (κ3) is 3.99. The highest BCUT2D eigenvalue weighted by molar-refractivity contribution is 5.85. The normalized spacial score (nSPS) is 20.1. The monoisotopic (exact) mass is 199 g/mol. The van der Waals surface area contributed by atoms with Gasteiger partial charge in [-0.3, -0.25) is 0 Å². The van der Waals surface area contributed by atoms with Crippen LogP contribution in [0.3, 0.4) is 0 Å². The molecular weight excluding hydrogens is 186 g/mol. The zero-order chi connectivity index (χ0) is 9.02. The fourth-order valence-electron chi connectivity index (χ4n) is 0.614. The van der Waals surface area contributed by atoms with E-state index in [4.69, 9.17) is 21.1 Å². The Morgan fingerprint density at radius 2 is 1.75 bits per heavy atom. The molecule has 0 aromatic carbocycles. The number of nitrogens with two attached hydrogens (primary N) is 1. The van der Waals surface area contributed by atoms with E-state index >= 15 is 0 Å². The van der Waals surface area contributed by atoms with Crippen LogP contribution in [-0.4, -0.2) is 46.0 Å². The topological polar surface area (TPSA) is 104 Å². The highest BCUT2D eigenvalue weighted by atomic mass is 35.5. The van der Waals surface area contributed by atoms with E-state index < -0.39 is 24.4 Å². The maximum atomic E-state index is 9.95. The molecule has 0 fully saturated rings. The maximum Gasteiger partial charge on any atom is 0.150 e. The molecule has 0 aliphatic carbocycles. The van der Waals surface area contributed by atoms with Crippen molar-refractivity contribution in [2.45, 2.75) is 31.3 Å². The Balaban J connectivity index is 0. The molecule has 0 saturated carbocycles. The van der Waals surface area contributed by atoms with Crippen molar-refractivity contribution in [3.8, 4) is 0 Å². The molecule has 0 aromatic heterocycles. The first-order chi connectivity index (χ1) is 5.00. The van der Waals surface area contributed by atoms with Gasteiger partial charge in [0.2, 0.25) is 0 Å². The number of aliphatic hydroxyl groups is 3. The molecule has 0 saturated heterocycles. The molecule has 12 heavy (non-hydrogen) atoms. The summed E-state index contributed by atoms with van der Waals surface area (Å²) >= 11 is 0. The summed E-state index contributed by atoms with van der Waals surface area (Å²) in [6, 6.07) is -1.13. The molecule has 5 nitrogen and oxygen atoms in total. The molecule has 4 atom stereocenters. The minimum atomic E-state index is -1.43. The molecule has 0 aliphatic heterocycles. The van der Waals surface area contributed by atoms with E-state index in [2.05, 4.69) is 0 Å². The third-order valence-corrected chi connectivity index (χ3v) is 1.42. The number of hydrogen-bond acceptors (Lipinski definition) is 5. The van der Waals surface area contributed by atoms with Crippen LogP contribution in [0, 0.1) is 0 Å². The van der Waals surface area contributed by atoms with Crippen molar-refractivity contribution < 1.29 is 20.1 Å². The van der Waals surface area contributed by atoms with Crippen LogP contribution < -0.4 is 5.73 Å². The van der Waals surface area contributed by atoms with Gasteiger partial charge in [0.05, 0.1) is 18.2 Å². The van der Waals surface area contributed by atoms with Gasteiger partial charge in [-0.25, -0.2) is 0 Å². The van der Waals surface area contributed by atoms with Gasteiger partial charge in [-0.2, -0.15) is 0 Å². The lowest BCUT2D eigenvalue weighted by atomic mass is 10.0. The standard InChI is InChI=1S/C6H13NO4.ClH/c1-3(9)6(11)5(7)4(10)2-8;/h2-6,9-11H,7H2,1H3;1H/t3-,4-,5-,6-;/m1./s1. The van der Waals surface area contributed by atoms with Crippen LogP contribution >= 0.6 is 12.4 Å². The molecule has 0 unspecified atom stereocenters. The number of carbonyl (C=O) groups is 1. The van der Waals surface area contributed by atoms with E-state index in [-0.39, 0.29) is 18.7 Å². The highest BCUT2D eigenvalue weighted by Crippen LogP contribution is 2.00. The van der Waals surface area contributed by atoms with Crippen LogP contribution in [0.1, 0.15) is 6.92 Å². The molecule has 5 N–H and O–H groups in total. The molecule has 0 aliphatic rings. The molecule has 6 heteroatoms. The Morgan fingerprint density at radius 1 is 1.33 bits per heavy atom. The fourth-order valence-corrected chi connectivity index (χ4v) is 0.614. The molecule has 0 rings (SSSR count). The van der Waals surface area contributed by atoms with Gasteiger partial charge in [-0.15, -0.1) is 12.4 Å². The summed E-state index contributed by atoms with van der Waals surface area (Å²) in [7, 11) is 0. The Bertz CT molecular complexity index is 133. The summed E-state index contributed by atoms with van der Waals surface area (Å²) in [4.78, 5) is 9.95. The van der Waals surface area contributed by atoms with Crippen LogP contribution in [0.2, 0.25) is 0 Å². The fraction of sp³-hybridized carbons (Fsp3) is 0.833. The van der Waals surface area contributed by atoms with Crippen LogP contribution in [0.5, 0.6) is 0 Å². The Kier molecular flexibility index (Phi) is 7.56. The summed E-state index contributed by atoms with van der Waals surface area (Å²) < 4.78 is 0. The van der Waals surface area contributed by atoms with E-state index in [1.54, 1.807) is 0 Å². The second-order valence-electron chi connectivity index (χ2n) is 2.44. The van der Waals surface area contributed by atoms with Crippen molar-refractivity contribution in [2.75, 3.05) is 0 Å². The molecule has 0 radical (unpaired) electrons. The van der Waals surface area contributed by atoms with Crippen LogP contribution in [0.4, 0.5) is 0 Å². The quantitative estimate of drug-likeness (QED) is 0.394. The summed E-state index contributed by atoms with van der Waals surface area (Å²) in [5, 5.41) is 26.6. The lowest BCUT2D eigenvalue weighted by Crippen LogP contribution is -2.50. The van der Waals surface area contributed by atoms with Crippen LogP contribution in [-0.2, 0) is 4.79 Å². The van der Waals surface area contributed by atoms with E-state index in [1.807, 2.05) is 0 Å². The van der Waals surface area contributed by atoms with Crippen molar-refractivity contribution in [1.29, 1.82) is 0 Å². The molecule has 0 amide bonds. The Labute approximate surface area is 76.6 Å². The van der Waals surface area contributed by atoms with E-state index in [0.29, 0.717) is 0 Å². The van der Waals surface area contributed by atoms with Crippen molar-refractivity contribution in [3.05, 3.63) is 0 Å². The maximum absolute atomic E-state index is 9.95. The second kappa shape index (κ2) is 6.33. The molecule has 0 heterocycles. The Hall–Kier alpha value is -0.200. The number of rotatable bonds is 4. The summed E-state index contributed by atoms with van der Waals surface area (Å²) in [5.41, 5.74) is 5.18. The number of halogens is 1. The third-order valence-electron chi connectivity index (χ3n) is 1.42. The number of carbonyl (C=O) groups excluding carboxylic acids is 1. The second-order valence-corrected chi connectivity index (χ2v) is 2.44. The molecule has 0 aromatic rings. The SMILES string of the molecule is C[C@@H](O)[C@@H](O)[C@H](N)[C@H](O)C=O.Cl. The zero-order valence-electron chi connectivity index (χ0n) is 6.62. The molecule has 74 valence electrons. The molecular formula is C6H14ClNO4. The first-order valence-corrected chi connectivity index (χ1v) is 3.25. The largest absolute Gasteiger partial charge is 0.391 e. The first kappa shape index (κ1) is 14.3. The van der Waals surface area contributed by atoms with Crippen molar-refractivity contribution in [3.63, 3.8) is 0 Å². The number of aldehydes is 1. The van der Waals surface area contributed by atoms with Crippen LogP contribution in [0.15, 0.2) is 0 Å². The van der Waals surface area contributed by atoms with E-state index in [9.17, 15) is 4.79 Å². The Morgan fingerprint density at radius 3 is 2.00 bits per heavy atom. The lowest BCUT2D eigenvalue weighted by Gasteiger charge is -2.22.